The van der Waals surface area contributed by atoms with E-state index in [4.69, 9.17) is 20.2 Å². The number of fused-ring (bicyclic) bond motifs is 3. The van der Waals surface area contributed by atoms with Gasteiger partial charge in [-0.3, -0.25) is 4.79 Å². The van der Waals surface area contributed by atoms with Gasteiger partial charge in [0.15, 0.2) is 5.82 Å². The van der Waals surface area contributed by atoms with Crippen molar-refractivity contribution in [3.05, 3.63) is 24.0 Å². The number of aryl methyl sites for hydroxylation is 1. The number of nitrogens with one attached hydrogen (secondary N) is 1. The topological polar surface area (TPSA) is 104 Å². The summed E-state index contributed by atoms with van der Waals surface area (Å²) in [6, 6.07) is 5.92. The third kappa shape index (κ3) is 8.08. The summed E-state index contributed by atoms with van der Waals surface area (Å²) in [5, 5.41) is 3.94. The molecule has 0 aliphatic rings. The van der Waals surface area contributed by atoms with Gasteiger partial charge in [0, 0.05) is 31.0 Å². The van der Waals surface area contributed by atoms with Crippen LogP contribution in [0.4, 0.5) is 5.82 Å². The summed E-state index contributed by atoms with van der Waals surface area (Å²) in [4.78, 5) is 20.8. The normalized spacial score (nSPS) is 11.1. The van der Waals surface area contributed by atoms with Gasteiger partial charge in [0.25, 0.3) is 0 Å². The molecule has 0 aliphatic heterocycles. The number of imidazole rings is 1. The lowest BCUT2D eigenvalue weighted by atomic mass is 10.1. The number of ether oxygens (including phenoxy) is 2. The Labute approximate surface area is 216 Å². The predicted molar refractivity (Wildman–Crippen MR) is 148 cm³/mol. The van der Waals surface area contributed by atoms with Crippen LogP contribution in [0, 0.1) is 5.92 Å². The first-order valence-electron chi connectivity index (χ1n) is 13.4. The van der Waals surface area contributed by atoms with Crippen molar-refractivity contribution < 1.29 is 14.3 Å². The Morgan fingerprint density at radius 1 is 1.08 bits per heavy atom. The second kappa shape index (κ2) is 15.3. The predicted octanol–water partition coefficient (Wildman–Crippen LogP) is 5.85. The lowest BCUT2D eigenvalue weighted by molar-refractivity contribution is -0.123. The van der Waals surface area contributed by atoms with E-state index in [1.807, 2.05) is 39.0 Å². The standard InChI is InChI=1S/C25H37N5O3.C3H8/c1-5-30-21(16-32-6-2)29-22-23(30)19-15-18(11-12-20(19)28-24(22)26)33-14-10-8-7-9-13-27-25(31)17(3)4;1-3-2/h11-12,15,17H,5-10,13-14,16H2,1-4H3,(H2,26,28)(H,27,31);3H2,1-2H3. The van der Waals surface area contributed by atoms with E-state index in [0.29, 0.717) is 31.2 Å². The van der Waals surface area contributed by atoms with Gasteiger partial charge < -0.3 is 25.1 Å². The molecule has 0 aliphatic carbocycles. The van der Waals surface area contributed by atoms with E-state index in [-0.39, 0.29) is 11.8 Å². The highest BCUT2D eigenvalue weighted by atomic mass is 16.5. The number of hydrogen-bond donors (Lipinski definition) is 2. The summed E-state index contributed by atoms with van der Waals surface area (Å²) in [5.74, 6) is 2.26. The van der Waals surface area contributed by atoms with Crippen LogP contribution in [0.2, 0.25) is 0 Å². The molecule has 0 spiro atoms. The molecule has 2 heterocycles. The van der Waals surface area contributed by atoms with Crippen molar-refractivity contribution in [2.24, 2.45) is 5.92 Å². The van der Waals surface area contributed by atoms with Crippen molar-refractivity contribution in [2.45, 2.75) is 86.8 Å². The number of pyridine rings is 1. The molecular weight excluding hydrogens is 454 g/mol. The van der Waals surface area contributed by atoms with Crippen LogP contribution in [-0.2, 0) is 22.7 Å². The fourth-order valence-corrected chi connectivity index (χ4v) is 3.86. The number of nitrogens with zero attached hydrogens (tertiary/aromatic N) is 3. The van der Waals surface area contributed by atoms with Crippen LogP contribution in [0.1, 0.15) is 79.5 Å². The monoisotopic (exact) mass is 499 g/mol. The molecule has 1 aromatic carbocycles. The van der Waals surface area contributed by atoms with Crippen molar-refractivity contribution in [1.29, 1.82) is 0 Å². The van der Waals surface area contributed by atoms with Gasteiger partial charge >= 0.3 is 0 Å². The van der Waals surface area contributed by atoms with Crippen molar-refractivity contribution in [3.8, 4) is 5.75 Å². The average molecular weight is 500 g/mol. The number of carbonyl (C=O) groups is 1. The largest absolute Gasteiger partial charge is 0.494 e. The number of unbranched alkanes of at least 4 members (excludes halogenated alkanes) is 3. The van der Waals surface area contributed by atoms with Crippen LogP contribution >= 0.6 is 0 Å². The second-order valence-corrected chi connectivity index (χ2v) is 9.20. The van der Waals surface area contributed by atoms with Gasteiger partial charge in [-0.2, -0.15) is 0 Å². The first-order valence-corrected chi connectivity index (χ1v) is 13.4. The van der Waals surface area contributed by atoms with Crippen molar-refractivity contribution in [3.63, 3.8) is 0 Å². The third-order valence-electron chi connectivity index (χ3n) is 5.67. The van der Waals surface area contributed by atoms with E-state index < -0.39 is 0 Å². The molecule has 0 fully saturated rings. The zero-order valence-corrected chi connectivity index (χ0v) is 23.0. The zero-order chi connectivity index (χ0) is 26.5. The molecule has 3 aromatic rings. The highest BCUT2D eigenvalue weighted by Crippen LogP contribution is 2.31. The zero-order valence-electron chi connectivity index (χ0n) is 23.0. The molecule has 0 unspecified atom stereocenters. The lowest BCUT2D eigenvalue weighted by Gasteiger charge is -2.11. The van der Waals surface area contributed by atoms with Gasteiger partial charge in [0.1, 0.15) is 23.7 Å². The van der Waals surface area contributed by atoms with Crippen LogP contribution in [0.15, 0.2) is 18.2 Å². The Balaban J connectivity index is 0.00000145. The SMILES string of the molecule is CCC.CCOCc1nc2c(N)nc3ccc(OCCCCCCNC(=O)C(C)C)cc3c2n1CC. The van der Waals surface area contributed by atoms with E-state index in [9.17, 15) is 4.79 Å². The van der Waals surface area contributed by atoms with Gasteiger partial charge in [0.2, 0.25) is 5.91 Å². The van der Waals surface area contributed by atoms with Gasteiger partial charge in [-0.25, -0.2) is 9.97 Å². The molecule has 200 valence electrons. The number of nitrogens with two attached hydrogens (primary N) is 1. The Morgan fingerprint density at radius 2 is 1.81 bits per heavy atom. The van der Waals surface area contributed by atoms with E-state index in [0.717, 1.165) is 66.8 Å². The number of aromatic nitrogens is 3. The molecule has 2 aromatic heterocycles. The maximum Gasteiger partial charge on any atom is 0.222 e. The van der Waals surface area contributed by atoms with Crippen molar-refractivity contribution in [1.82, 2.24) is 19.9 Å². The summed E-state index contributed by atoms with van der Waals surface area (Å²) in [7, 11) is 0. The number of anilines is 1. The number of rotatable bonds is 13. The maximum absolute atomic E-state index is 11.6. The Kier molecular flexibility index (Phi) is 12.5. The highest BCUT2D eigenvalue weighted by molar-refractivity contribution is 6.07. The molecule has 0 atom stereocenters. The average Bonchev–Trinajstić information content (AvgIpc) is 3.24. The first-order chi connectivity index (χ1) is 17.4. The summed E-state index contributed by atoms with van der Waals surface area (Å²) in [5.41, 5.74) is 8.73. The number of hydrogen-bond acceptors (Lipinski definition) is 6. The second-order valence-electron chi connectivity index (χ2n) is 9.20. The van der Waals surface area contributed by atoms with Crippen molar-refractivity contribution >= 4 is 33.7 Å². The maximum atomic E-state index is 11.6. The molecule has 8 nitrogen and oxygen atoms in total. The van der Waals surface area contributed by atoms with E-state index in [2.05, 4.69) is 35.6 Å². The highest BCUT2D eigenvalue weighted by Gasteiger charge is 2.17. The first kappa shape index (κ1) is 29.4. The molecule has 0 bridgehead atoms. The van der Waals surface area contributed by atoms with E-state index >= 15 is 0 Å². The molecule has 1 amide bonds. The summed E-state index contributed by atoms with van der Waals surface area (Å²) in [6.45, 7) is 15.4. The fourth-order valence-electron chi connectivity index (χ4n) is 3.86. The minimum Gasteiger partial charge on any atom is -0.494 e. The van der Waals surface area contributed by atoms with Crippen LogP contribution in [-0.4, -0.2) is 40.2 Å². The molecule has 0 saturated carbocycles. The Hall–Kier alpha value is -2.87. The van der Waals surface area contributed by atoms with Gasteiger partial charge in [0.05, 0.1) is 17.6 Å². The molecule has 0 radical (unpaired) electrons. The van der Waals surface area contributed by atoms with Crippen LogP contribution in [0.3, 0.4) is 0 Å². The number of amides is 1. The third-order valence-corrected chi connectivity index (χ3v) is 5.67. The van der Waals surface area contributed by atoms with Gasteiger partial charge in [-0.05, 0) is 44.9 Å². The summed E-state index contributed by atoms with van der Waals surface area (Å²) in [6.07, 6.45) is 5.35. The van der Waals surface area contributed by atoms with E-state index in [1.54, 1.807) is 0 Å². The number of carbonyl (C=O) groups excluding carboxylic acids is 1. The van der Waals surface area contributed by atoms with Crippen LogP contribution in [0.5, 0.6) is 5.75 Å². The summed E-state index contributed by atoms with van der Waals surface area (Å²) >= 11 is 0. The molecule has 0 saturated heterocycles. The lowest BCUT2D eigenvalue weighted by Crippen LogP contribution is -2.28. The minimum absolute atomic E-state index is 0.0421. The van der Waals surface area contributed by atoms with Crippen LogP contribution < -0.4 is 15.8 Å². The Morgan fingerprint density at radius 3 is 2.47 bits per heavy atom. The van der Waals surface area contributed by atoms with Crippen LogP contribution in [0.25, 0.3) is 21.9 Å². The van der Waals surface area contributed by atoms with Gasteiger partial charge in [-0.1, -0.05) is 47.0 Å². The smallest absolute Gasteiger partial charge is 0.222 e. The quantitative estimate of drug-likeness (QED) is 0.286. The molecule has 36 heavy (non-hydrogen) atoms. The number of nitrogen functional groups attached to an aromatic ring is 1. The molecular formula is C28H45N5O3. The van der Waals surface area contributed by atoms with E-state index in [1.165, 1.54) is 6.42 Å². The fraction of sp³-hybridized carbons (Fsp3) is 0.607. The van der Waals surface area contributed by atoms with Gasteiger partial charge in [-0.15, -0.1) is 0 Å². The molecule has 3 N–H and O–H groups in total. The molecule has 3 rings (SSSR count). The summed E-state index contributed by atoms with van der Waals surface area (Å²) < 4.78 is 13.8. The number of benzene rings is 1. The minimum atomic E-state index is 0.0421. The van der Waals surface area contributed by atoms with Crippen molar-refractivity contribution in [2.75, 3.05) is 25.5 Å². The molecule has 8 heteroatoms. The Bertz CT molecular complexity index is 1090.